The van der Waals surface area contributed by atoms with E-state index in [9.17, 15) is 0 Å². The molecular weight excluding hydrogens is 164 g/mol. The molecule has 0 saturated carbocycles. The summed E-state index contributed by atoms with van der Waals surface area (Å²) in [5.74, 6) is 0.105. The molecule has 0 saturated heterocycles. The summed E-state index contributed by atoms with van der Waals surface area (Å²) in [6.45, 7) is 0.759. The molecule has 0 heterocycles. The number of amidine groups is 1. The Bertz CT molecular complexity index is 278. The van der Waals surface area contributed by atoms with E-state index in [1.165, 1.54) is 0 Å². The highest BCUT2D eigenvalue weighted by Crippen LogP contribution is 2.02. The lowest BCUT2D eigenvalue weighted by atomic mass is 10.1. The van der Waals surface area contributed by atoms with E-state index in [1.807, 2.05) is 31.3 Å². The highest BCUT2D eigenvalue weighted by atomic mass is 15.3. The van der Waals surface area contributed by atoms with Gasteiger partial charge >= 0.3 is 0 Å². The average molecular weight is 178 g/mol. The van der Waals surface area contributed by atoms with Crippen molar-refractivity contribution < 1.29 is 0 Å². The summed E-state index contributed by atoms with van der Waals surface area (Å²) in [5.41, 5.74) is 13.0. The molecule has 0 aliphatic rings. The molecule has 4 heteroatoms. The van der Waals surface area contributed by atoms with Crippen LogP contribution in [0.3, 0.4) is 0 Å². The average Bonchev–Trinajstić information content (AvgIpc) is 2.15. The van der Waals surface area contributed by atoms with Crippen molar-refractivity contribution >= 4 is 5.84 Å². The fraction of sp³-hybridized carbons (Fsp3) is 0.222. The van der Waals surface area contributed by atoms with Crippen LogP contribution in [0.2, 0.25) is 0 Å². The summed E-state index contributed by atoms with van der Waals surface area (Å²) in [4.78, 5) is 0. The predicted octanol–water partition coefficient (Wildman–Crippen LogP) is 0.195. The molecule has 0 aliphatic heterocycles. The molecule has 0 aliphatic carbocycles. The molecule has 0 amide bonds. The predicted molar refractivity (Wildman–Crippen MR) is 53.4 cm³/mol. The fourth-order valence-electron chi connectivity index (χ4n) is 0.993. The summed E-state index contributed by atoms with van der Waals surface area (Å²) < 4.78 is 0. The standard InChI is InChI=1S/C9H14N4/c1-12-13-6-7-2-4-8(5-3-7)9(10)11/h2-5,12-13H,6H2,1H3,(H3,10,11). The van der Waals surface area contributed by atoms with Crippen molar-refractivity contribution in [1.82, 2.24) is 10.9 Å². The Hall–Kier alpha value is -1.39. The molecule has 0 spiro atoms. The minimum atomic E-state index is 0.105. The molecule has 0 fully saturated rings. The lowest BCUT2D eigenvalue weighted by molar-refractivity contribution is 0.596. The van der Waals surface area contributed by atoms with Gasteiger partial charge in [0.05, 0.1) is 0 Å². The summed E-state index contributed by atoms with van der Waals surface area (Å²) in [5, 5.41) is 7.19. The van der Waals surface area contributed by atoms with Crippen molar-refractivity contribution in [3.05, 3.63) is 35.4 Å². The van der Waals surface area contributed by atoms with Crippen LogP contribution in [0.1, 0.15) is 11.1 Å². The maximum Gasteiger partial charge on any atom is 0.122 e. The van der Waals surface area contributed by atoms with Gasteiger partial charge in [-0.3, -0.25) is 16.3 Å². The van der Waals surface area contributed by atoms with Gasteiger partial charge in [0, 0.05) is 12.1 Å². The molecule has 1 aromatic carbocycles. The topological polar surface area (TPSA) is 73.9 Å². The second-order valence-electron chi connectivity index (χ2n) is 2.71. The van der Waals surface area contributed by atoms with E-state index in [0.717, 1.165) is 17.7 Å². The van der Waals surface area contributed by atoms with Crippen molar-refractivity contribution in [3.8, 4) is 0 Å². The van der Waals surface area contributed by atoms with Crippen LogP contribution in [0, 0.1) is 5.41 Å². The van der Waals surface area contributed by atoms with E-state index in [2.05, 4.69) is 10.9 Å². The van der Waals surface area contributed by atoms with Crippen molar-refractivity contribution in [3.63, 3.8) is 0 Å². The molecule has 0 unspecified atom stereocenters. The van der Waals surface area contributed by atoms with Crippen LogP contribution in [0.25, 0.3) is 0 Å². The number of nitrogen functional groups attached to an aromatic ring is 1. The summed E-state index contributed by atoms with van der Waals surface area (Å²) in [6, 6.07) is 7.58. The first-order valence-electron chi connectivity index (χ1n) is 4.07. The highest BCUT2D eigenvalue weighted by molar-refractivity contribution is 5.94. The van der Waals surface area contributed by atoms with Crippen LogP contribution in [0.4, 0.5) is 0 Å². The van der Waals surface area contributed by atoms with E-state index in [4.69, 9.17) is 11.1 Å². The van der Waals surface area contributed by atoms with Gasteiger partial charge in [0.25, 0.3) is 0 Å². The maximum absolute atomic E-state index is 7.19. The van der Waals surface area contributed by atoms with Crippen LogP contribution >= 0.6 is 0 Å². The number of nitrogens with two attached hydrogens (primary N) is 1. The van der Waals surface area contributed by atoms with E-state index >= 15 is 0 Å². The van der Waals surface area contributed by atoms with Gasteiger partial charge in [0.1, 0.15) is 5.84 Å². The summed E-state index contributed by atoms with van der Waals surface area (Å²) >= 11 is 0. The van der Waals surface area contributed by atoms with E-state index in [1.54, 1.807) is 0 Å². The maximum atomic E-state index is 7.19. The van der Waals surface area contributed by atoms with Crippen LogP contribution < -0.4 is 16.6 Å². The third-order valence-electron chi connectivity index (χ3n) is 1.73. The Balaban J connectivity index is 2.64. The quantitative estimate of drug-likeness (QED) is 0.302. The van der Waals surface area contributed by atoms with Gasteiger partial charge in [-0.1, -0.05) is 24.3 Å². The summed E-state index contributed by atoms with van der Waals surface area (Å²) in [7, 11) is 1.82. The molecule has 0 atom stereocenters. The zero-order valence-corrected chi connectivity index (χ0v) is 7.59. The number of nitrogens with one attached hydrogen (secondary N) is 3. The van der Waals surface area contributed by atoms with Crippen molar-refractivity contribution in [2.24, 2.45) is 5.73 Å². The number of hydrogen-bond donors (Lipinski definition) is 4. The van der Waals surface area contributed by atoms with Gasteiger partial charge in [-0.05, 0) is 12.6 Å². The molecule has 1 aromatic rings. The Labute approximate surface area is 77.6 Å². The van der Waals surface area contributed by atoms with Gasteiger partial charge in [-0.15, -0.1) is 0 Å². The van der Waals surface area contributed by atoms with Crippen LogP contribution in [0.15, 0.2) is 24.3 Å². The van der Waals surface area contributed by atoms with Crippen molar-refractivity contribution in [2.75, 3.05) is 7.05 Å². The fourth-order valence-corrected chi connectivity index (χ4v) is 0.993. The molecule has 5 N–H and O–H groups in total. The van der Waals surface area contributed by atoms with Crippen molar-refractivity contribution in [2.45, 2.75) is 6.54 Å². The second kappa shape index (κ2) is 4.59. The SMILES string of the molecule is CNNCc1ccc(C(=N)N)cc1. The van der Waals surface area contributed by atoms with E-state index < -0.39 is 0 Å². The van der Waals surface area contributed by atoms with Gasteiger partial charge in [0.2, 0.25) is 0 Å². The smallest absolute Gasteiger partial charge is 0.122 e. The van der Waals surface area contributed by atoms with Gasteiger partial charge < -0.3 is 5.73 Å². The Morgan fingerprint density at radius 2 is 2.00 bits per heavy atom. The molecular formula is C9H14N4. The molecule has 13 heavy (non-hydrogen) atoms. The number of hydrazine groups is 1. The molecule has 0 radical (unpaired) electrons. The zero-order chi connectivity index (χ0) is 9.68. The number of benzene rings is 1. The molecule has 0 bridgehead atoms. The third-order valence-corrected chi connectivity index (χ3v) is 1.73. The van der Waals surface area contributed by atoms with Crippen LogP contribution in [-0.2, 0) is 6.54 Å². The van der Waals surface area contributed by atoms with Crippen LogP contribution in [0.5, 0.6) is 0 Å². The number of rotatable bonds is 4. The van der Waals surface area contributed by atoms with Crippen LogP contribution in [-0.4, -0.2) is 12.9 Å². The first kappa shape index (κ1) is 9.70. The van der Waals surface area contributed by atoms with E-state index in [-0.39, 0.29) is 5.84 Å². The highest BCUT2D eigenvalue weighted by Gasteiger charge is 1.95. The first-order chi connectivity index (χ1) is 6.24. The largest absolute Gasteiger partial charge is 0.384 e. The minimum absolute atomic E-state index is 0.105. The first-order valence-corrected chi connectivity index (χ1v) is 4.07. The monoisotopic (exact) mass is 178 g/mol. The van der Waals surface area contributed by atoms with E-state index in [0.29, 0.717) is 0 Å². The normalized spacial score (nSPS) is 9.92. The molecule has 4 nitrogen and oxygen atoms in total. The molecule has 1 rings (SSSR count). The Morgan fingerprint density at radius 3 is 2.46 bits per heavy atom. The van der Waals surface area contributed by atoms with Gasteiger partial charge in [0.15, 0.2) is 0 Å². The zero-order valence-electron chi connectivity index (χ0n) is 7.59. The Morgan fingerprint density at radius 1 is 1.38 bits per heavy atom. The lowest BCUT2D eigenvalue weighted by Gasteiger charge is -2.03. The van der Waals surface area contributed by atoms with Gasteiger partial charge in [-0.25, -0.2) is 0 Å². The third kappa shape index (κ3) is 2.85. The van der Waals surface area contributed by atoms with Gasteiger partial charge in [-0.2, -0.15) is 0 Å². The minimum Gasteiger partial charge on any atom is -0.384 e. The van der Waals surface area contributed by atoms with Crippen molar-refractivity contribution in [1.29, 1.82) is 5.41 Å². The number of hydrogen-bond acceptors (Lipinski definition) is 3. The molecule has 0 aromatic heterocycles. The Kier molecular flexibility index (Phi) is 3.42. The lowest BCUT2D eigenvalue weighted by Crippen LogP contribution is -2.26. The second-order valence-corrected chi connectivity index (χ2v) is 2.71. The molecule has 70 valence electrons. The summed E-state index contributed by atoms with van der Waals surface area (Å²) in [6.07, 6.45) is 0.